The Morgan fingerprint density at radius 2 is 1.86 bits per heavy atom. The maximum Gasteiger partial charge on any atom is 0.233 e. The third kappa shape index (κ3) is 8.05. The lowest BCUT2D eigenvalue weighted by molar-refractivity contribution is -0.120. The van der Waals surface area contributed by atoms with Crippen molar-refractivity contribution >= 4 is 5.91 Å². The molecular formula is C11H24N2O. The van der Waals surface area contributed by atoms with Crippen LogP contribution in [0, 0.1) is 5.92 Å². The summed E-state index contributed by atoms with van der Waals surface area (Å²) in [7, 11) is 0. The zero-order valence-corrected chi connectivity index (χ0v) is 9.89. The topological polar surface area (TPSA) is 41.1 Å². The highest BCUT2D eigenvalue weighted by Gasteiger charge is 2.05. The SMILES string of the molecule is CCNC(=O)CNC(C)CCC(C)C. The van der Waals surface area contributed by atoms with Crippen molar-refractivity contribution in [1.29, 1.82) is 0 Å². The molecule has 2 N–H and O–H groups in total. The summed E-state index contributed by atoms with van der Waals surface area (Å²) in [6, 6.07) is 0.431. The Hall–Kier alpha value is -0.570. The monoisotopic (exact) mass is 200 g/mol. The minimum atomic E-state index is 0.0869. The van der Waals surface area contributed by atoms with Crippen molar-refractivity contribution in [1.82, 2.24) is 10.6 Å². The van der Waals surface area contributed by atoms with Gasteiger partial charge in [-0.05, 0) is 32.6 Å². The second-order valence-corrected chi connectivity index (χ2v) is 4.21. The summed E-state index contributed by atoms with van der Waals surface area (Å²) < 4.78 is 0. The van der Waals surface area contributed by atoms with Gasteiger partial charge in [-0.1, -0.05) is 13.8 Å². The molecule has 0 aliphatic rings. The molecule has 0 aromatic carbocycles. The Balaban J connectivity index is 3.43. The van der Waals surface area contributed by atoms with Crippen LogP contribution in [0.2, 0.25) is 0 Å². The van der Waals surface area contributed by atoms with Crippen LogP contribution in [-0.4, -0.2) is 25.0 Å². The molecule has 1 unspecified atom stereocenters. The first-order valence-corrected chi connectivity index (χ1v) is 5.56. The normalized spacial score (nSPS) is 12.9. The number of carbonyl (C=O) groups is 1. The van der Waals surface area contributed by atoms with E-state index in [-0.39, 0.29) is 5.91 Å². The van der Waals surface area contributed by atoms with Crippen LogP contribution < -0.4 is 10.6 Å². The zero-order chi connectivity index (χ0) is 11.0. The van der Waals surface area contributed by atoms with Gasteiger partial charge in [0.1, 0.15) is 0 Å². The Morgan fingerprint density at radius 1 is 1.21 bits per heavy atom. The van der Waals surface area contributed by atoms with Gasteiger partial charge in [-0.25, -0.2) is 0 Å². The number of rotatable bonds is 7. The Morgan fingerprint density at radius 3 is 2.36 bits per heavy atom. The van der Waals surface area contributed by atoms with Gasteiger partial charge in [0, 0.05) is 12.6 Å². The maximum atomic E-state index is 11.1. The van der Waals surface area contributed by atoms with E-state index in [1.807, 2.05) is 6.92 Å². The first-order valence-electron chi connectivity index (χ1n) is 5.56. The van der Waals surface area contributed by atoms with Crippen molar-refractivity contribution in [2.45, 2.75) is 46.6 Å². The molecular weight excluding hydrogens is 176 g/mol. The largest absolute Gasteiger partial charge is 0.355 e. The van der Waals surface area contributed by atoms with E-state index in [2.05, 4.69) is 31.4 Å². The van der Waals surface area contributed by atoms with Crippen LogP contribution in [0.15, 0.2) is 0 Å². The van der Waals surface area contributed by atoms with Gasteiger partial charge < -0.3 is 10.6 Å². The molecule has 0 rings (SSSR count). The molecule has 0 saturated carbocycles. The molecule has 0 fully saturated rings. The molecule has 1 atom stereocenters. The van der Waals surface area contributed by atoms with Gasteiger partial charge in [-0.2, -0.15) is 0 Å². The summed E-state index contributed by atoms with van der Waals surface area (Å²) in [6.45, 7) is 9.64. The summed E-state index contributed by atoms with van der Waals surface area (Å²) in [4.78, 5) is 11.1. The number of likely N-dealkylation sites (N-methyl/N-ethyl adjacent to an activating group) is 1. The minimum Gasteiger partial charge on any atom is -0.355 e. The molecule has 1 amide bonds. The molecule has 3 heteroatoms. The van der Waals surface area contributed by atoms with Crippen molar-refractivity contribution in [3.8, 4) is 0 Å². The van der Waals surface area contributed by atoms with Gasteiger partial charge in [-0.3, -0.25) is 4.79 Å². The van der Waals surface area contributed by atoms with Gasteiger partial charge in [0.05, 0.1) is 6.54 Å². The third-order valence-corrected chi connectivity index (χ3v) is 2.16. The smallest absolute Gasteiger partial charge is 0.233 e. The van der Waals surface area contributed by atoms with Crippen LogP contribution in [0.1, 0.15) is 40.5 Å². The van der Waals surface area contributed by atoms with Crippen molar-refractivity contribution in [3.05, 3.63) is 0 Å². The van der Waals surface area contributed by atoms with Crippen molar-refractivity contribution in [2.75, 3.05) is 13.1 Å². The fraction of sp³-hybridized carbons (Fsp3) is 0.909. The average Bonchev–Trinajstić information content (AvgIpc) is 2.12. The lowest BCUT2D eigenvalue weighted by Crippen LogP contribution is -2.37. The Bertz CT molecular complexity index is 157. The third-order valence-electron chi connectivity index (χ3n) is 2.16. The van der Waals surface area contributed by atoms with Crippen LogP contribution in [0.25, 0.3) is 0 Å². The van der Waals surface area contributed by atoms with E-state index in [1.54, 1.807) is 0 Å². The Labute approximate surface area is 87.6 Å². The minimum absolute atomic E-state index is 0.0869. The van der Waals surface area contributed by atoms with Gasteiger partial charge in [0.2, 0.25) is 5.91 Å². The first-order chi connectivity index (χ1) is 6.56. The summed E-state index contributed by atoms with van der Waals surface area (Å²) in [5.74, 6) is 0.826. The molecule has 0 aromatic heterocycles. The molecule has 0 aliphatic carbocycles. The first kappa shape index (κ1) is 13.4. The maximum absolute atomic E-state index is 11.1. The second kappa shape index (κ2) is 7.80. The molecule has 3 nitrogen and oxygen atoms in total. The van der Waals surface area contributed by atoms with Crippen molar-refractivity contribution in [3.63, 3.8) is 0 Å². The standard InChI is InChI=1S/C11H24N2O/c1-5-12-11(14)8-13-10(4)7-6-9(2)3/h9-10,13H,5-8H2,1-4H3,(H,12,14). The molecule has 84 valence electrons. The lowest BCUT2D eigenvalue weighted by atomic mass is 10.0. The molecule has 0 heterocycles. The number of hydrogen-bond donors (Lipinski definition) is 2. The van der Waals surface area contributed by atoms with Gasteiger partial charge >= 0.3 is 0 Å². The van der Waals surface area contributed by atoms with Crippen LogP contribution in [-0.2, 0) is 4.79 Å². The summed E-state index contributed by atoms with van der Waals surface area (Å²) >= 11 is 0. The van der Waals surface area contributed by atoms with Gasteiger partial charge in [-0.15, -0.1) is 0 Å². The van der Waals surface area contributed by atoms with Gasteiger partial charge in [0.25, 0.3) is 0 Å². The summed E-state index contributed by atoms with van der Waals surface area (Å²) in [6.07, 6.45) is 2.35. The van der Waals surface area contributed by atoms with Crippen LogP contribution in [0.5, 0.6) is 0 Å². The fourth-order valence-electron chi connectivity index (χ4n) is 1.21. The van der Waals surface area contributed by atoms with E-state index >= 15 is 0 Å². The molecule has 0 radical (unpaired) electrons. The Kier molecular flexibility index (Phi) is 7.48. The number of nitrogens with one attached hydrogen (secondary N) is 2. The highest BCUT2D eigenvalue weighted by atomic mass is 16.1. The lowest BCUT2D eigenvalue weighted by Gasteiger charge is -2.14. The van der Waals surface area contributed by atoms with E-state index in [4.69, 9.17) is 0 Å². The number of amides is 1. The predicted molar refractivity (Wildman–Crippen MR) is 60.2 cm³/mol. The van der Waals surface area contributed by atoms with Gasteiger partial charge in [0.15, 0.2) is 0 Å². The van der Waals surface area contributed by atoms with Crippen molar-refractivity contribution in [2.24, 2.45) is 5.92 Å². The predicted octanol–water partition coefficient (Wildman–Crippen LogP) is 1.54. The molecule has 0 aliphatic heterocycles. The second-order valence-electron chi connectivity index (χ2n) is 4.21. The van der Waals surface area contributed by atoms with E-state index in [9.17, 15) is 4.79 Å². The van der Waals surface area contributed by atoms with E-state index < -0.39 is 0 Å². The van der Waals surface area contributed by atoms with Crippen molar-refractivity contribution < 1.29 is 4.79 Å². The summed E-state index contributed by atoms with van der Waals surface area (Å²) in [5, 5.41) is 5.97. The number of carbonyl (C=O) groups excluding carboxylic acids is 1. The highest BCUT2D eigenvalue weighted by molar-refractivity contribution is 5.77. The quantitative estimate of drug-likeness (QED) is 0.654. The van der Waals surface area contributed by atoms with E-state index in [0.29, 0.717) is 19.1 Å². The molecule has 14 heavy (non-hydrogen) atoms. The van der Waals surface area contributed by atoms with Crippen LogP contribution >= 0.6 is 0 Å². The molecule has 0 aromatic rings. The van der Waals surface area contributed by atoms with Crippen LogP contribution in [0.3, 0.4) is 0 Å². The molecule has 0 spiro atoms. The molecule has 0 bridgehead atoms. The van der Waals surface area contributed by atoms with E-state index in [1.165, 1.54) is 6.42 Å². The van der Waals surface area contributed by atoms with E-state index in [0.717, 1.165) is 12.3 Å². The van der Waals surface area contributed by atoms with Crippen LogP contribution in [0.4, 0.5) is 0 Å². The number of hydrogen-bond acceptors (Lipinski definition) is 2. The summed E-state index contributed by atoms with van der Waals surface area (Å²) in [5.41, 5.74) is 0. The zero-order valence-electron chi connectivity index (χ0n) is 9.89. The fourth-order valence-corrected chi connectivity index (χ4v) is 1.21. The highest BCUT2D eigenvalue weighted by Crippen LogP contribution is 2.05. The average molecular weight is 200 g/mol. The molecule has 0 saturated heterocycles.